The van der Waals surface area contributed by atoms with Crippen LogP contribution < -0.4 is 5.32 Å². The zero-order valence-electron chi connectivity index (χ0n) is 13.0. The van der Waals surface area contributed by atoms with Gasteiger partial charge in [-0.1, -0.05) is 26.2 Å². The lowest BCUT2D eigenvalue weighted by molar-refractivity contribution is 0.182. The zero-order valence-corrected chi connectivity index (χ0v) is 13.0. The summed E-state index contributed by atoms with van der Waals surface area (Å²) >= 11 is 0. The van der Waals surface area contributed by atoms with Gasteiger partial charge in [0.25, 0.3) is 0 Å². The molecule has 1 aliphatic rings. The van der Waals surface area contributed by atoms with Gasteiger partial charge in [0.05, 0.1) is 11.7 Å². The first-order chi connectivity index (χ1) is 9.83. The minimum absolute atomic E-state index is 0.467. The average molecular weight is 279 g/mol. The quantitative estimate of drug-likeness (QED) is 0.795. The van der Waals surface area contributed by atoms with Crippen LogP contribution in [0.4, 0.5) is 0 Å². The molecule has 1 fully saturated rings. The third-order valence-electron chi connectivity index (χ3n) is 4.23. The minimum Gasteiger partial charge on any atom is -0.385 e. The van der Waals surface area contributed by atoms with Gasteiger partial charge in [-0.05, 0) is 31.9 Å². The standard InChI is InChI=1S/C16H29N3O/c1-3-17-14(10-12-20-2)13-15-9-11-19(18-15)16-7-5-4-6-8-16/h9,11,14,16-17H,3-8,10,12-13H2,1-2H3. The molecule has 1 aromatic heterocycles. The molecule has 0 aromatic carbocycles. The third kappa shape index (κ3) is 4.60. The van der Waals surface area contributed by atoms with E-state index in [1.807, 2.05) is 0 Å². The Labute approximate surface area is 122 Å². The highest BCUT2D eigenvalue weighted by molar-refractivity contribution is 5.02. The maximum atomic E-state index is 5.19. The largest absolute Gasteiger partial charge is 0.385 e. The van der Waals surface area contributed by atoms with E-state index in [9.17, 15) is 0 Å². The summed E-state index contributed by atoms with van der Waals surface area (Å²) < 4.78 is 7.39. The van der Waals surface area contributed by atoms with Gasteiger partial charge in [0, 0.05) is 32.4 Å². The molecule has 0 radical (unpaired) electrons. The Morgan fingerprint density at radius 2 is 2.20 bits per heavy atom. The van der Waals surface area contributed by atoms with Crippen molar-refractivity contribution in [2.45, 2.75) is 64.0 Å². The highest BCUT2D eigenvalue weighted by Gasteiger charge is 2.17. The second-order valence-corrected chi connectivity index (χ2v) is 5.82. The fraction of sp³-hybridized carbons (Fsp3) is 0.812. The van der Waals surface area contributed by atoms with E-state index in [0.717, 1.165) is 26.0 Å². The third-order valence-corrected chi connectivity index (χ3v) is 4.23. The van der Waals surface area contributed by atoms with Crippen LogP contribution in [0.5, 0.6) is 0 Å². The van der Waals surface area contributed by atoms with Crippen molar-refractivity contribution in [3.05, 3.63) is 18.0 Å². The summed E-state index contributed by atoms with van der Waals surface area (Å²) in [4.78, 5) is 0. The van der Waals surface area contributed by atoms with Crippen LogP contribution in [0.15, 0.2) is 12.3 Å². The van der Waals surface area contributed by atoms with Crippen molar-refractivity contribution in [1.29, 1.82) is 0 Å². The molecule has 0 bridgehead atoms. The van der Waals surface area contributed by atoms with Gasteiger partial charge < -0.3 is 10.1 Å². The van der Waals surface area contributed by atoms with Crippen LogP contribution in [0.3, 0.4) is 0 Å². The lowest BCUT2D eigenvalue weighted by atomic mass is 9.96. The van der Waals surface area contributed by atoms with Crippen LogP contribution in [0.2, 0.25) is 0 Å². The highest BCUT2D eigenvalue weighted by atomic mass is 16.5. The Hall–Kier alpha value is -0.870. The van der Waals surface area contributed by atoms with Crippen molar-refractivity contribution in [2.24, 2.45) is 0 Å². The molecule has 1 aromatic rings. The molecule has 0 saturated heterocycles. The lowest BCUT2D eigenvalue weighted by Gasteiger charge is -2.22. The number of methoxy groups -OCH3 is 1. The van der Waals surface area contributed by atoms with Gasteiger partial charge in [-0.3, -0.25) is 4.68 Å². The molecule has 0 amide bonds. The van der Waals surface area contributed by atoms with Crippen molar-refractivity contribution in [3.8, 4) is 0 Å². The van der Waals surface area contributed by atoms with E-state index in [-0.39, 0.29) is 0 Å². The zero-order chi connectivity index (χ0) is 14.2. The summed E-state index contributed by atoms with van der Waals surface area (Å²) in [7, 11) is 1.76. The molecule has 1 aliphatic carbocycles. The first-order valence-corrected chi connectivity index (χ1v) is 8.09. The molecular formula is C16H29N3O. The summed E-state index contributed by atoms with van der Waals surface area (Å²) in [6, 6.07) is 3.29. The second-order valence-electron chi connectivity index (χ2n) is 5.82. The van der Waals surface area contributed by atoms with E-state index in [2.05, 4.69) is 29.2 Å². The number of likely N-dealkylation sites (N-methyl/N-ethyl adjacent to an activating group) is 1. The summed E-state index contributed by atoms with van der Waals surface area (Å²) in [5, 5.41) is 8.33. The maximum absolute atomic E-state index is 5.19. The summed E-state index contributed by atoms with van der Waals surface area (Å²) in [5.74, 6) is 0. The van der Waals surface area contributed by atoms with Gasteiger partial charge in [-0.2, -0.15) is 5.10 Å². The van der Waals surface area contributed by atoms with Gasteiger partial charge in [0.2, 0.25) is 0 Å². The number of nitrogens with one attached hydrogen (secondary N) is 1. The summed E-state index contributed by atoms with van der Waals surface area (Å²) in [6.45, 7) is 3.96. The molecule has 4 heteroatoms. The van der Waals surface area contributed by atoms with E-state index in [1.165, 1.54) is 37.8 Å². The topological polar surface area (TPSA) is 39.1 Å². The van der Waals surface area contributed by atoms with Gasteiger partial charge >= 0.3 is 0 Å². The fourth-order valence-corrected chi connectivity index (χ4v) is 3.11. The predicted octanol–water partition coefficient (Wildman–Crippen LogP) is 2.95. The average Bonchev–Trinajstić information content (AvgIpc) is 2.94. The molecule has 1 unspecified atom stereocenters. The van der Waals surface area contributed by atoms with Crippen LogP contribution in [-0.4, -0.2) is 36.1 Å². The van der Waals surface area contributed by atoms with Crippen LogP contribution in [0.1, 0.15) is 57.2 Å². The van der Waals surface area contributed by atoms with Crippen molar-refractivity contribution < 1.29 is 4.74 Å². The van der Waals surface area contributed by atoms with Crippen LogP contribution >= 0.6 is 0 Å². The second kappa shape index (κ2) is 8.42. The predicted molar refractivity (Wildman–Crippen MR) is 82.0 cm³/mol. The number of hydrogen-bond donors (Lipinski definition) is 1. The van der Waals surface area contributed by atoms with E-state index >= 15 is 0 Å². The van der Waals surface area contributed by atoms with Crippen LogP contribution in [0.25, 0.3) is 0 Å². The van der Waals surface area contributed by atoms with Crippen molar-refractivity contribution in [1.82, 2.24) is 15.1 Å². The Morgan fingerprint density at radius 1 is 1.40 bits per heavy atom. The number of aromatic nitrogens is 2. The monoisotopic (exact) mass is 279 g/mol. The smallest absolute Gasteiger partial charge is 0.0640 e. The summed E-state index contributed by atoms with van der Waals surface area (Å²) in [6.07, 6.45) is 10.9. The van der Waals surface area contributed by atoms with Crippen LogP contribution in [0, 0.1) is 0 Å². The molecule has 1 N–H and O–H groups in total. The van der Waals surface area contributed by atoms with E-state index in [4.69, 9.17) is 9.84 Å². The van der Waals surface area contributed by atoms with E-state index in [0.29, 0.717) is 12.1 Å². The van der Waals surface area contributed by atoms with Gasteiger partial charge in [-0.25, -0.2) is 0 Å². The lowest BCUT2D eigenvalue weighted by Crippen LogP contribution is -2.32. The van der Waals surface area contributed by atoms with Crippen LogP contribution in [-0.2, 0) is 11.2 Å². The minimum atomic E-state index is 0.467. The van der Waals surface area contributed by atoms with Gasteiger partial charge in [-0.15, -0.1) is 0 Å². The Bertz CT molecular complexity index is 372. The number of ether oxygens (including phenoxy) is 1. The van der Waals surface area contributed by atoms with Crippen molar-refractivity contribution in [2.75, 3.05) is 20.3 Å². The molecule has 0 spiro atoms. The molecule has 1 saturated carbocycles. The fourth-order valence-electron chi connectivity index (χ4n) is 3.11. The molecular weight excluding hydrogens is 250 g/mol. The Kier molecular flexibility index (Phi) is 6.54. The van der Waals surface area contributed by atoms with Crippen molar-refractivity contribution in [3.63, 3.8) is 0 Å². The molecule has 4 nitrogen and oxygen atoms in total. The number of rotatable bonds is 8. The normalized spacial score (nSPS) is 18.3. The molecule has 20 heavy (non-hydrogen) atoms. The molecule has 2 rings (SSSR count). The highest BCUT2D eigenvalue weighted by Crippen LogP contribution is 2.27. The van der Waals surface area contributed by atoms with Gasteiger partial charge in [0.1, 0.15) is 0 Å². The van der Waals surface area contributed by atoms with E-state index < -0.39 is 0 Å². The molecule has 114 valence electrons. The molecule has 0 aliphatic heterocycles. The molecule has 1 atom stereocenters. The number of hydrogen-bond acceptors (Lipinski definition) is 3. The van der Waals surface area contributed by atoms with Gasteiger partial charge in [0.15, 0.2) is 0 Å². The molecule has 1 heterocycles. The maximum Gasteiger partial charge on any atom is 0.0640 e. The van der Waals surface area contributed by atoms with E-state index in [1.54, 1.807) is 7.11 Å². The Balaban J connectivity index is 1.89. The number of nitrogens with zero attached hydrogens (tertiary/aromatic N) is 2. The first kappa shape index (κ1) is 15.5. The summed E-state index contributed by atoms with van der Waals surface area (Å²) in [5.41, 5.74) is 1.21. The Morgan fingerprint density at radius 3 is 2.90 bits per heavy atom. The first-order valence-electron chi connectivity index (χ1n) is 8.09. The SMILES string of the molecule is CCNC(CCOC)Cc1ccn(C2CCCCC2)n1. The van der Waals surface area contributed by atoms with Crippen molar-refractivity contribution >= 4 is 0 Å².